The molecule has 0 N–H and O–H groups in total. The van der Waals surface area contributed by atoms with Crippen LogP contribution in [0.2, 0.25) is 0 Å². The van der Waals surface area contributed by atoms with Crippen LogP contribution in [0.5, 0.6) is 0 Å². The summed E-state index contributed by atoms with van der Waals surface area (Å²) in [6.07, 6.45) is 0. The van der Waals surface area contributed by atoms with E-state index >= 15 is 0 Å². The molecule has 1 rings (SSSR count). The van der Waals surface area contributed by atoms with Gasteiger partial charge in [0, 0.05) is 5.08 Å². The van der Waals surface area contributed by atoms with Gasteiger partial charge in [-0.2, -0.15) is 0 Å². The molecule has 1 fully saturated rings. The first-order valence-corrected chi connectivity index (χ1v) is 5.41. The molecule has 4 heavy (non-hydrogen) atoms. The molecule has 0 aromatic carbocycles. The van der Waals surface area contributed by atoms with Crippen molar-refractivity contribution in [3.63, 3.8) is 0 Å². The van der Waals surface area contributed by atoms with Gasteiger partial charge in [-0.1, -0.05) is 0 Å². The van der Waals surface area contributed by atoms with Crippen molar-refractivity contribution in [2.75, 3.05) is 5.08 Å². The highest BCUT2D eigenvalue weighted by atomic mass is 33.1. The quantitative estimate of drug-likeness (QED) is 0.437. The molecule has 1 heterocycles. The van der Waals surface area contributed by atoms with E-state index in [2.05, 4.69) is 0 Å². The van der Waals surface area contributed by atoms with Crippen molar-refractivity contribution in [1.29, 1.82) is 0 Å². The molecule has 0 aliphatic carbocycles. The summed E-state index contributed by atoms with van der Waals surface area (Å²) in [6.45, 7) is 1.15. The molecule has 0 amide bonds. The molecule has 3 heteroatoms. The minimum Gasteiger partial charge on any atom is -0.115 e. The summed E-state index contributed by atoms with van der Waals surface area (Å²) >= 11 is 4.06. The smallest absolute Gasteiger partial charge is 0.0486 e. The van der Waals surface area contributed by atoms with Gasteiger partial charge in [-0.25, -0.2) is 0 Å². The molecule has 0 saturated carbocycles. The Bertz CT molecular complexity index is 14.0. The molecule has 1 aliphatic rings. The Kier molecular flexibility index (Phi) is 1.28. The molecule has 0 radical (unpaired) electrons. The molecule has 0 bridgehead atoms. The first-order chi connectivity index (χ1) is 2.00. The van der Waals surface area contributed by atoms with Crippen LogP contribution in [0.15, 0.2) is 0 Å². The van der Waals surface area contributed by atoms with Crippen molar-refractivity contribution in [3.05, 3.63) is 0 Å². The lowest BCUT2D eigenvalue weighted by Gasteiger charge is -2.05. The van der Waals surface area contributed by atoms with Crippen LogP contribution < -0.4 is 0 Å². The zero-order valence-electron chi connectivity index (χ0n) is 2.02. The first-order valence-electron chi connectivity index (χ1n) is 0.986. The lowest BCUT2D eigenvalue weighted by molar-refractivity contribution is 2.34. The average molecular weight is 110 g/mol. The fraction of sp³-hybridized carbons (Fsp3) is 1.00. The SMILES string of the molecule is C1SPS1. The van der Waals surface area contributed by atoms with Gasteiger partial charge in [-0.3, -0.25) is 0 Å². The maximum Gasteiger partial charge on any atom is 0.0486 e. The van der Waals surface area contributed by atoms with E-state index < -0.39 is 0 Å². The predicted octanol–water partition coefficient (Wildman–Crippen LogP) is 1.93. The predicted molar refractivity (Wildman–Crippen MR) is 28.4 cm³/mol. The standard InChI is InChI=1S/CH3PS2/c1-3-2-4-1/h2H,1H2. The summed E-state index contributed by atoms with van der Waals surface area (Å²) in [7, 11) is 0. The maximum atomic E-state index is 2.03. The van der Waals surface area contributed by atoms with E-state index in [1.165, 1.54) is 5.08 Å². The van der Waals surface area contributed by atoms with Gasteiger partial charge < -0.3 is 0 Å². The van der Waals surface area contributed by atoms with Crippen LogP contribution in [0.3, 0.4) is 0 Å². The molecule has 0 atom stereocenters. The molecule has 24 valence electrons. The zero-order valence-corrected chi connectivity index (χ0v) is 4.66. The van der Waals surface area contributed by atoms with Gasteiger partial charge in [0.1, 0.15) is 0 Å². The van der Waals surface area contributed by atoms with E-state index in [4.69, 9.17) is 0 Å². The fourth-order valence-corrected chi connectivity index (χ4v) is 1.59. The van der Waals surface area contributed by atoms with Gasteiger partial charge in [-0.15, -0.1) is 22.8 Å². The Hall–Kier alpha value is 1.13. The molecule has 0 spiro atoms. The van der Waals surface area contributed by atoms with Crippen LogP contribution in [0.25, 0.3) is 0 Å². The van der Waals surface area contributed by atoms with Crippen molar-refractivity contribution in [1.82, 2.24) is 0 Å². The molecule has 1 aliphatic heterocycles. The Morgan fingerprint density at radius 1 is 1.50 bits per heavy atom. The van der Waals surface area contributed by atoms with Crippen LogP contribution in [0.1, 0.15) is 0 Å². The van der Waals surface area contributed by atoms with Crippen molar-refractivity contribution in [2.45, 2.75) is 0 Å². The Morgan fingerprint density at radius 2 is 1.75 bits per heavy atom. The van der Waals surface area contributed by atoms with Gasteiger partial charge in [-0.05, 0) is 6.98 Å². The van der Waals surface area contributed by atoms with Crippen LogP contribution in [-0.4, -0.2) is 5.08 Å². The molecule has 0 aromatic rings. The van der Waals surface area contributed by atoms with Gasteiger partial charge >= 0.3 is 0 Å². The lowest BCUT2D eigenvalue weighted by atomic mass is 11.9. The normalized spacial score (nSPS) is 24.0. The molecule has 0 aromatic heterocycles. The van der Waals surface area contributed by atoms with Gasteiger partial charge in [0.25, 0.3) is 0 Å². The first kappa shape index (κ1) is 3.32. The number of rotatable bonds is 0. The van der Waals surface area contributed by atoms with Crippen LogP contribution >= 0.6 is 29.7 Å². The molecule has 0 unspecified atom stereocenters. The summed E-state index contributed by atoms with van der Waals surface area (Å²) in [5.74, 6) is 0. The van der Waals surface area contributed by atoms with E-state index in [0.29, 0.717) is 0 Å². The third-order valence-corrected chi connectivity index (χ3v) is 6.36. The summed E-state index contributed by atoms with van der Waals surface area (Å²) < 4.78 is 0. The lowest BCUT2D eigenvalue weighted by Crippen LogP contribution is -1.60. The van der Waals surface area contributed by atoms with Gasteiger partial charge in [0.05, 0.1) is 0 Å². The Morgan fingerprint density at radius 3 is 1.75 bits per heavy atom. The van der Waals surface area contributed by atoms with Crippen molar-refractivity contribution in [3.8, 4) is 0 Å². The monoisotopic (exact) mass is 110 g/mol. The molecule has 0 nitrogen and oxygen atoms in total. The summed E-state index contributed by atoms with van der Waals surface area (Å²) in [5, 5.41) is 1.35. The minimum atomic E-state index is 1.15. The van der Waals surface area contributed by atoms with Crippen molar-refractivity contribution in [2.24, 2.45) is 0 Å². The summed E-state index contributed by atoms with van der Waals surface area (Å²) in [6, 6.07) is 0. The number of hydrogen-bond acceptors (Lipinski definition) is 2. The van der Waals surface area contributed by atoms with Crippen molar-refractivity contribution >= 4 is 29.7 Å². The topological polar surface area (TPSA) is 0 Å². The van der Waals surface area contributed by atoms with Gasteiger partial charge in [0.2, 0.25) is 0 Å². The fourth-order valence-electron chi connectivity index (χ4n) is 0.0589. The zero-order chi connectivity index (χ0) is 2.83. The maximum absolute atomic E-state index is 2.03. The highest BCUT2D eigenvalue weighted by Gasteiger charge is 1.96. The average Bonchev–Trinajstić information content (AvgIpc) is 0.722. The Balaban J connectivity index is 2.00. The molecular formula is CH3PS2. The minimum absolute atomic E-state index is 1.15. The van der Waals surface area contributed by atoms with Gasteiger partial charge in [0.15, 0.2) is 0 Å². The number of hydrogen-bond donors (Lipinski definition) is 0. The Labute approximate surface area is 35.4 Å². The van der Waals surface area contributed by atoms with Crippen molar-refractivity contribution < 1.29 is 0 Å². The molecule has 1 saturated heterocycles. The third kappa shape index (κ3) is 0.540. The van der Waals surface area contributed by atoms with E-state index in [1.54, 1.807) is 0 Å². The highest BCUT2D eigenvalue weighted by Crippen LogP contribution is 2.56. The second kappa shape index (κ2) is 1.54. The van der Waals surface area contributed by atoms with E-state index in [9.17, 15) is 0 Å². The molecular weight excluding hydrogens is 107 g/mol. The third-order valence-electron chi connectivity index (χ3n) is 0.236. The van der Waals surface area contributed by atoms with E-state index in [1.807, 2.05) is 22.8 Å². The summed E-state index contributed by atoms with van der Waals surface area (Å²) in [4.78, 5) is 0. The van der Waals surface area contributed by atoms with Crippen LogP contribution in [0, 0.1) is 0 Å². The van der Waals surface area contributed by atoms with Crippen LogP contribution in [0.4, 0.5) is 0 Å². The van der Waals surface area contributed by atoms with E-state index in [-0.39, 0.29) is 0 Å². The van der Waals surface area contributed by atoms with Crippen LogP contribution in [-0.2, 0) is 0 Å². The second-order valence-electron chi connectivity index (χ2n) is 0.490. The van der Waals surface area contributed by atoms with E-state index in [0.717, 1.165) is 6.98 Å². The summed E-state index contributed by atoms with van der Waals surface area (Å²) in [5.41, 5.74) is 0. The largest absolute Gasteiger partial charge is 0.115 e. The second-order valence-corrected chi connectivity index (χ2v) is 5.91. The highest BCUT2D eigenvalue weighted by molar-refractivity contribution is 8.92.